The van der Waals surface area contributed by atoms with E-state index in [4.69, 9.17) is 0 Å². The molecule has 0 spiro atoms. The first-order valence-corrected chi connectivity index (χ1v) is 7.53. The van der Waals surface area contributed by atoms with E-state index < -0.39 is 0 Å². The third kappa shape index (κ3) is 3.07. The lowest BCUT2D eigenvalue weighted by Crippen LogP contribution is -2.19. The Labute approximate surface area is 122 Å². The van der Waals surface area contributed by atoms with Crippen LogP contribution in [0.1, 0.15) is 37.1 Å². The van der Waals surface area contributed by atoms with Crippen molar-refractivity contribution in [2.24, 2.45) is 0 Å². The third-order valence-corrected chi connectivity index (χ3v) is 4.14. The molecule has 2 aromatic rings. The molecule has 1 aliphatic rings. The minimum Gasteiger partial charge on any atom is -0.326 e. The maximum absolute atomic E-state index is 4.30. The van der Waals surface area contributed by atoms with Crippen LogP contribution in [0.25, 0.3) is 0 Å². The van der Waals surface area contributed by atoms with Crippen LogP contribution in [0, 0.1) is 0 Å². The Hall–Kier alpha value is -1.13. The van der Waals surface area contributed by atoms with E-state index in [1.165, 1.54) is 24.1 Å². The highest BCUT2D eigenvalue weighted by Gasteiger charge is 2.21. The molecule has 0 saturated heterocycles. The van der Waals surface area contributed by atoms with Gasteiger partial charge in [0.2, 0.25) is 0 Å². The number of hydrogen-bond acceptors (Lipinski definition) is 2. The van der Waals surface area contributed by atoms with Gasteiger partial charge in [-0.05, 0) is 37.5 Å². The summed E-state index contributed by atoms with van der Waals surface area (Å²) in [7, 11) is 0. The van der Waals surface area contributed by atoms with Gasteiger partial charge in [0.05, 0.1) is 18.1 Å². The van der Waals surface area contributed by atoms with E-state index >= 15 is 0 Å². The standard InChI is InChI=1S/C15H18BrN3/c1-11(12-3-2-4-13(16)7-12)19-10-17-8-15(19)9-18-14-5-6-14/h2-4,7-8,10-11,14,18H,5-6,9H2,1H3. The number of hydrogen-bond donors (Lipinski definition) is 1. The summed E-state index contributed by atoms with van der Waals surface area (Å²) in [5, 5.41) is 3.55. The van der Waals surface area contributed by atoms with Gasteiger partial charge >= 0.3 is 0 Å². The van der Waals surface area contributed by atoms with Gasteiger partial charge in [0.1, 0.15) is 0 Å². The van der Waals surface area contributed by atoms with Crippen LogP contribution in [0.15, 0.2) is 41.3 Å². The van der Waals surface area contributed by atoms with Crippen LogP contribution in [-0.2, 0) is 6.54 Å². The number of halogens is 1. The predicted molar refractivity (Wildman–Crippen MR) is 80.0 cm³/mol. The zero-order valence-corrected chi connectivity index (χ0v) is 12.6. The van der Waals surface area contributed by atoms with Crippen molar-refractivity contribution >= 4 is 15.9 Å². The van der Waals surface area contributed by atoms with Gasteiger partial charge in [-0.3, -0.25) is 0 Å². The predicted octanol–water partition coefficient (Wildman–Crippen LogP) is 3.51. The van der Waals surface area contributed by atoms with Crippen LogP contribution in [0.4, 0.5) is 0 Å². The van der Waals surface area contributed by atoms with E-state index in [0.717, 1.165) is 17.1 Å². The highest BCUT2D eigenvalue weighted by Crippen LogP contribution is 2.24. The maximum atomic E-state index is 4.30. The molecule has 1 aromatic carbocycles. The molecule has 3 nitrogen and oxygen atoms in total. The summed E-state index contributed by atoms with van der Waals surface area (Å²) in [5.74, 6) is 0. The van der Waals surface area contributed by atoms with Crippen LogP contribution in [0.2, 0.25) is 0 Å². The minimum absolute atomic E-state index is 0.302. The zero-order valence-electron chi connectivity index (χ0n) is 11.0. The molecule has 0 amide bonds. The highest BCUT2D eigenvalue weighted by atomic mass is 79.9. The normalized spacial score (nSPS) is 16.5. The third-order valence-electron chi connectivity index (χ3n) is 3.64. The molecule has 1 N–H and O–H groups in total. The van der Waals surface area contributed by atoms with E-state index in [0.29, 0.717) is 6.04 Å². The van der Waals surface area contributed by atoms with Crippen molar-refractivity contribution in [2.75, 3.05) is 0 Å². The van der Waals surface area contributed by atoms with Crippen molar-refractivity contribution in [3.8, 4) is 0 Å². The molecule has 4 heteroatoms. The first kappa shape index (κ1) is 12.9. The highest BCUT2D eigenvalue weighted by molar-refractivity contribution is 9.10. The first-order chi connectivity index (χ1) is 9.24. The summed E-state index contributed by atoms with van der Waals surface area (Å²) < 4.78 is 3.37. The number of rotatable bonds is 5. The Bertz CT molecular complexity index is 560. The number of benzene rings is 1. The molecule has 1 heterocycles. The lowest BCUT2D eigenvalue weighted by Gasteiger charge is -2.17. The second-order valence-electron chi connectivity index (χ2n) is 5.18. The van der Waals surface area contributed by atoms with E-state index in [1.807, 2.05) is 12.5 Å². The Morgan fingerprint density at radius 1 is 1.47 bits per heavy atom. The molecule has 3 rings (SSSR count). The number of imidazole rings is 1. The molecule has 1 aromatic heterocycles. The fourth-order valence-corrected chi connectivity index (χ4v) is 2.70. The zero-order chi connectivity index (χ0) is 13.2. The summed E-state index contributed by atoms with van der Waals surface area (Å²) in [4.78, 5) is 4.30. The quantitative estimate of drug-likeness (QED) is 0.914. The fraction of sp³-hybridized carbons (Fsp3) is 0.400. The number of nitrogens with zero attached hydrogens (tertiary/aromatic N) is 2. The molecule has 1 atom stereocenters. The van der Waals surface area contributed by atoms with Gasteiger partial charge in [-0.2, -0.15) is 0 Å². The smallest absolute Gasteiger partial charge is 0.0954 e. The van der Waals surface area contributed by atoms with Gasteiger partial charge in [0, 0.05) is 23.3 Å². The molecular formula is C15H18BrN3. The van der Waals surface area contributed by atoms with Crippen LogP contribution >= 0.6 is 15.9 Å². The van der Waals surface area contributed by atoms with Crippen molar-refractivity contribution in [3.63, 3.8) is 0 Å². The molecule has 1 fully saturated rings. The van der Waals surface area contributed by atoms with Gasteiger partial charge < -0.3 is 9.88 Å². The Kier molecular flexibility index (Phi) is 3.71. The Morgan fingerprint density at radius 2 is 2.32 bits per heavy atom. The van der Waals surface area contributed by atoms with Crippen LogP contribution in [0.5, 0.6) is 0 Å². The van der Waals surface area contributed by atoms with Gasteiger partial charge in [0.25, 0.3) is 0 Å². The van der Waals surface area contributed by atoms with Crippen LogP contribution < -0.4 is 5.32 Å². The van der Waals surface area contributed by atoms with E-state index in [-0.39, 0.29) is 0 Å². The molecule has 100 valence electrons. The van der Waals surface area contributed by atoms with Gasteiger partial charge in [0.15, 0.2) is 0 Å². The van der Waals surface area contributed by atoms with Crippen molar-refractivity contribution in [1.29, 1.82) is 0 Å². The number of aromatic nitrogens is 2. The topological polar surface area (TPSA) is 29.9 Å². The van der Waals surface area contributed by atoms with Gasteiger partial charge in [-0.1, -0.05) is 28.1 Å². The van der Waals surface area contributed by atoms with Crippen molar-refractivity contribution in [1.82, 2.24) is 14.9 Å². The van der Waals surface area contributed by atoms with Crippen LogP contribution in [-0.4, -0.2) is 15.6 Å². The fourth-order valence-electron chi connectivity index (χ4n) is 2.28. The number of nitrogens with one attached hydrogen (secondary N) is 1. The average Bonchev–Trinajstić information content (AvgIpc) is 3.13. The molecule has 0 bridgehead atoms. The van der Waals surface area contributed by atoms with E-state index in [2.05, 4.69) is 62.0 Å². The van der Waals surface area contributed by atoms with E-state index in [9.17, 15) is 0 Å². The summed E-state index contributed by atoms with van der Waals surface area (Å²) >= 11 is 3.53. The van der Waals surface area contributed by atoms with Crippen molar-refractivity contribution in [3.05, 3.63) is 52.5 Å². The van der Waals surface area contributed by atoms with Gasteiger partial charge in [-0.15, -0.1) is 0 Å². The monoisotopic (exact) mass is 319 g/mol. The van der Waals surface area contributed by atoms with Crippen molar-refractivity contribution < 1.29 is 0 Å². The summed E-state index contributed by atoms with van der Waals surface area (Å²) in [6.45, 7) is 3.12. The second kappa shape index (κ2) is 5.47. The molecule has 0 radical (unpaired) electrons. The summed E-state index contributed by atoms with van der Waals surface area (Å²) in [6.07, 6.45) is 6.52. The molecular weight excluding hydrogens is 302 g/mol. The molecule has 1 aliphatic carbocycles. The lowest BCUT2D eigenvalue weighted by molar-refractivity contribution is 0.574. The second-order valence-corrected chi connectivity index (χ2v) is 6.09. The molecule has 1 unspecified atom stereocenters. The molecule has 1 saturated carbocycles. The lowest BCUT2D eigenvalue weighted by atomic mass is 10.1. The SMILES string of the molecule is CC(c1cccc(Br)c1)n1cncc1CNC1CC1. The molecule has 0 aliphatic heterocycles. The summed E-state index contributed by atoms with van der Waals surface area (Å²) in [6, 6.07) is 9.49. The first-order valence-electron chi connectivity index (χ1n) is 6.73. The minimum atomic E-state index is 0.302. The van der Waals surface area contributed by atoms with Gasteiger partial charge in [-0.25, -0.2) is 4.98 Å². The molecule has 19 heavy (non-hydrogen) atoms. The van der Waals surface area contributed by atoms with Crippen LogP contribution in [0.3, 0.4) is 0 Å². The Morgan fingerprint density at radius 3 is 3.05 bits per heavy atom. The van der Waals surface area contributed by atoms with Crippen molar-refractivity contribution in [2.45, 2.75) is 38.4 Å². The summed E-state index contributed by atoms with van der Waals surface area (Å²) in [5.41, 5.74) is 2.54. The largest absolute Gasteiger partial charge is 0.326 e. The maximum Gasteiger partial charge on any atom is 0.0954 e. The average molecular weight is 320 g/mol. The van der Waals surface area contributed by atoms with E-state index in [1.54, 1.807) is 0 Å². The Balaban J connectivity index is 1.78.